The van der Waals surface area contributed by atoms with Gasteiger partial charge in [-0.2, -0.15) is 0 Å². The molecule has 0 amide bonds. The van der Waals surface area contributed by atoms with Gasteiger partial charge < -0.3 is 0 Å². The molecule has 2 heteroatoms. The fourth-order valence-corrected chi connectivity index (χ4v) is 4.59. The molecule has 14 heavy (non-hydrogen) atoms. The first kappa shape index (κ1) is 11.6. The molecule has 76 valence electrons. The molecule has 0 heterocycles. The van der Waals surface area contributed by atoms with Gasteiger partial charge in [0.15, 0.2) is 0 Å². The van der Waals surface area contributed by atoms with Gasteiger partial charge in [-0.3, -0.25) is 0 Å². The summed E-state index contributed by atoms with van der Waals surface area (Å²) in [5.74, 6) is 0. The lowest BCUT2D eigenvalue weighted by Gasteiger charge is -2.18. The molecule has 0 fully saturated rings. The molecule has 0 aliphatic carbocycles. The standard InChI is InChI=1S/C12H18SSi/c1-13-12(14(2,3)4)10-11-8-6-5-7-9-11/h5-10H,1-4H3/b12-10-. The number of hydrogen-bond donors (Lipinski definition) is 0. The largest absolute Gasteiger partial charge is 0.139 e. The molecule has 0 radical (unpaired) electrons. The zero-order chi connectivity index (χ0) is 10.6. The Morgan fingerprint density at radius 1 is 1.14 bits per heavy atom. The van der Waals surface area contributed by atoms with E-state index in [1.807, 2.05) is 11.8 Å². The third-order valence-electron chi connectivity index (χ3n) is 2.06. The Morgan fingerprint density at radius 2 is 1.71 bits per heavy atom. The van der Waals surface area contributed by atoms with Gasteiger partial charge in [-0.25, -0.2) is 0 Å². The fourth-order valence-electron chi connectivity index (χ4n) is 1.28. The van der Waals surface area contributed by atoms with E-state index in [0.29, 0.717) is 0 Å². The lowest BCUT2D eigenvalue weighted by Crippen LogP contribution is -2.21. The van der Waals surface area contributed by atoms with E-state index >= 15 is 0 Å². The molecular weight excluding hydrogens is 204 g/mol. The van der Waals surface area contributed by atoms with E-state index in [9.17, 15) is 0 Å². The van der Waals surface area contributed by atoms with E-state index in [-0.39, 0.29) is 0 Å². The van der Waals surface area contributed by atoms with E-state index in [2.05, 4.69) is 62.3 Å². The molecule has 0 aliphatic heterocycles. The normalized spacial score (nSPS) is 13.0. The third-order valence-corrected chi connectivity index (χ3v) is 6.69. The summed E-state index contributed by atoms with van der Waals surface area (Å²) in [6.45, 7) is 7.16. The molecule has 0 nitrogen and oxygen atoms in total. The fraction of sp³-hybridized carbons (Fsp3) is 0.333. The second-order valence-electron chi connectivity index (χ2n) is 4.37. The highest BCUT2D eigenvalue weighted by atomic mass is 32.2. The van der Waals surface area contributed by atoms with Crippen LogP contribution in [0.1, 0.15) is 5.56 Å². The van der Waals surface area contributed by atoms with Crippen molar-refractivity contribution in [1.29, 1.82) is 0 Å². The van der Waals surface area contributed by atoms with Crippen LogP contribution in [0, 0.1) is 0 Å². The van der Waals surface area contributed by atoms with Crippen molar-refractivity contribution < 1.29 is 0 Å². The van der Waals surface area contributed by atoms with Gasteiger partial charge in [-0.1, -0.05) is 50.0 Å². The average Bonchev–Trinajstić information content (AvgIpc) is 2.14. The molecule has 0 unspecified atom stereocenters. The number of rotatable bonds is 3. The Bertz CT molecular complexity index is 309. The number of benzene rings is 1. The van der Waals surface area contributed by atoms with Crippen LogP contribution in [-0.2, 0) is 0 Å². The lowest BCUT2D eigenvalue weighted by atomic mass is 10.2. The summed E-state index contributed by atoms with van der Waals surface area (Å²) < 4.78 is 1.56. The summed E-state index contributed by atoms with van der Waals surface area (Å²) in [5.41, 5.74) is 1.32. The maximum atomic E-state index is 2.39. The van der Waals surface area contributed by atoms with Gasteiger partial charge in [0.2, 0.25) is 0 Å². The maximum absolute atomic E-state index is 2.39. The molecule has 1 rings (SSSR count). The molecule has 0 spiro atoms. The molecule has 0 N–H and O–H groups in total. The Kier molecular flexibility index (Phi) is 4.02. The minimum Gasteiger partial charge on any atom is -0.139 e. The van der Waals surface area contributed by atoms with Crippen LogP contribution in [0.4, 0.5) is 0 Å². The van der Waals surface area contributed by atoms with Crippen LogP contribution < -0.4 is 0 Å². The smallest absolute Gasteiger partial charge is 0.0857 e. The summed E-state index contributed by atoms with van der Waals surface area (Å²) in [6.07, 6.45) is 4.50. The van der Waals surface area contributed by atoms with Crippen LogP contribution in [0.15, 0.2) is 34.9 Å². The van der Waals surface area contributed by atoms with E-state index in [1.165, 1.54) is 5.56 Å². The molecule has 0 atom stereocenters. The SMILES string of the molecule is CS/C(=C/c1ccccc1)[Si](C)(C)C. The molecule has 0 saturated heterocycles. The van der Waals surface area contributed by atoms with Crippen molar-refractivity contribution in [1.82, 2.24) is 0 Å². The van der Waals surface area contributed by atoms with Crippen LogP contribution in [0.25, 0.3) is 6.08 Å². The summed E-state index contributed by atoms with van der Waals surface area (Å²) in [4.78, 5) is 0. The monoisotopic (exact) mass is 222 g/mol. The second kappa shape index (κ2) is 4.85. The van der Waals surface area contributed by atoms with Crippen molar-refractivity contribution in [3.63, 3.8) is 0 Å². The minimum absolute atomic E-state index is 1.15. The van der Waals surface area contributed by atoms with Crippen molar-refractivity contribution in [2.24, 2.45) is 0 Å². The Hall–Kier alpha value is -0.473. The van der Waals surface area contributed by atoms with Crippen LogP contribution >= 0.6 is 11.8 Å². The molecule has 0 aliphatic rings. The van der Waals surface area contributed by atoms with Gasteiger partial charge >= 0.3 is 0 Å². The predicted octanol–water partition coefficient (Wildman–Crippen LogP) is 4.27. The van der Waals surface area contributed by atoms with Gasteiger partial charge in [0.1, 0.15) is 0 Å². The van der Waals surface area contributed by atoms with Crippen LogP contribution in [0.5, 0.6) is 0 Å². The molecule has 1 aromatic carbocycles. The number of thioether (sulfide) groups is 1. The highest BCUT2D eigenvalue weighted by Gasteiger charge is 2.18. The first-order valence-corrected chi connectivity index (χ1v) is 9.58. The first-order valence-electron chi connectivity index (χ1n) is 4.85. The third kappa shape index (κ3) is 3.35. The van der Waals surface area contributed by atoms with Crippen molar-refractivity contribution in [2.45, 2.75) is 19.6 Å². The van der Waals surface area contributed by atoms with Gasteiger partial charge in [0, 0.05) is 0 Å². The molecule has 0 bridgehead atoms. The molecule has 0 saturated carbocycles. The van der Waals surface area contributed by atoms with Crippen molar-refractivity contribution in [3.05, 3.63) is 40.4 Å². The van der Waals surface area contributed by atoms with Crippen LogP contribution in [0.3, 0.4) is 0 Å². The Morgan fingerprint density at radius 3 is 2.14 bits per heavy atom. The van der Waals surface area contributed by atoms with Crippen LogP contribution in [-0.4, -0.2) is 14.3 Å². The van der Waals surface area contributed by atoms with Gasteiger partial charge in [-0.15, -0.1) is 11.8 Å². The Balaban J connectivity index is 2.96. The summed E-state index contributed by atoms with van der Waals surface area (Å²) >= 11 is 1.89. The quantitative estimate of drug-likeness (QED) is 0.688. The van der Waals surface area contributed by atoms with E-state index < -0.39 is 8.07 Å². The van der Waals surface area contributed by atoms with Crippen molar-refractivity contribution >= 4 is 25.9 Å². The molecule has 0 aromatic heterocycles. The van der Waals surface area contributed by atoms with Gasteiger partial charge in [0.05, 0.1) is 8.07 Å². The Labute approximate surface area is 92.4 Å². The van der Waals surface area contributed by atoms with Gasteiger partial charge in [0.25, 0.3) is 0 Å². The van der Waals surface area contributed by atoms with Crippen molar-refractivity contribution in [2.75, 3.05) is 6.26 Å². The minimum atomic E-state index is -1.15. The number of hydrogen-bond acceptors (Lipinski definition) is 1. The summed E-state index contributed by atoms with van der Waals surface area (Å²) in [6, 6.07) is 10.6. The van der Waals surface area contributed by atoms with Crippen molar-refractivity contribution in [3.8, 4) is 0 Å². The highest BCUT2D eigenvalue weighted by molar-refractivity contribution is 8.04. The zero-order valence-corrected chi connectivity index (χ0v) is 11.2. The maximum Gasteiger partial charge on any atom is 0.0857 e. The molecule has 1 aromatic rings. The van der Waals surface area contributed by atoms with E-state index in [1.54, 1.807) is 4.53 Å². The van der Waals surface area contributed by atoms with Crippen LogP contribution in [0.2, 0.25) is 19.6 Å². The average molecular weight is 222 g/mol. The summed E-state index contributed by atoms with van der Waals surface area (Å²) in [5, 5.41) is 0. The predicted molar refractivity (Wildman–Crippen MR) is 71.3 cm³/mol. The summed E-state index contributed by atoms with van der Waals surface area (Å²) in [7, 11) is -1.15. The lowest BCUT2D eigenvalue weighted by molar-refractivity contribution is 1.65. The van der Waals surface area contributed by atoms with E-state index in [4.69, 9.17) is 0 Å². The topological polar surface area (TPSA) is 0 Å². The second-order valence-corrected chi connectivity index (χ2v) is 10.6. The van der Waals surface area contributed by atoms with E-state index in [0.717, 1.165) is 0 Å². The first-order chi connectivity index (χ1) is 6.54. The molecular formula is C12H18SSi. The highest BCUT2D eigenvalue weighted by Crippen LogP contribution is 2.26. The zero-order valence-electron chi connectivity index (χ0n) is 9.37. The van der Waals surface area contributed by atoms with Gasteiger partial charge in [-0.05, 0) is 22.4 Å².